The zero-order valence-corrected chi connectivity index (χ0v) is 16.4. The van der Waals surface area contributed by atoms with Gasteiger partial charge in [0.15, 0.2) is 6.29 Å². The van der Waals surface area contributed by atoms with Crippen molar-refractivity contribution in [3.63, 3.8) is 0 Å². The molecule has 0 N–H and O–H groups in total. The summed E-state index contributed by atoms with van der Waals surface area (Å²) < 4.78 is 37.7. The minimum atomic E-state index is -1.19. The summed E-state index contributed by atoms with van der Waals surface area (Å²) in [5, 5.41) is 0. The number of carbonyl (C=O) groups is 3. The summed E-state index contributed by atoms with van der Waals surface area (Å²) in [6.07, 6.45) is -1.21. The van der Waals surface area contributed by atoms with Gasteiger partial charge in [-0.3, -0.25) is 14.4 Å². The van der Waals surface area contributed by atoms with Crippen molar-refractivity contribution in [3.8, 4) is 0 Å². The predicted octanol–water partition coefficient (Wildman–Crippen LogP) is 2.36. The summed E-state index contributed by atoms with van der Waals surface area (Å²) in [6.45, 7) is -0.207. The largest absolute Gasteiger partial charge is 0.354 e. The fraction of sp³-hybridized carbons (Fsp3) is 0.286. The fourth-order valence-electron chi connectivity index (χ4n) is 3.27. The van der Waals surface area contributed by atoms with Crippen LogP contribution < -0.4 is 4.90 Å². The molecule has 0 spiro atoms. The lowest BCUT2D eigenvalue weighted by molar-refractivity contribution is -0.128. The Morgan fingerprint density at radius 3 is 2.33 bits per heavy atom. The average molecular weight is 418 g/mol. The first-order chi connectivity index (χ1) is 14.4. The number of methoxy groups -OCH3 is 2. The van der Waals surface area contributed by atoms with Crippen molar-refractivity contribution in [2.45, 2.75) is 18.8 Å². The molecule has 0 aromatic heterocycles. The third-order valence-corrected chi connectivity index (χ3v) is 4.82. The van der Waals surface area contributed by atoms with Crippen LogP contribution in [0.15, 0.2) is 48.5 Å². The number of amides is 3. The molecule has 2 aromatic rings. The first kappa shape index (κ1) is 21.5. The van der Waals surface area contributed by atoms with Gasteiger partial charge in [-0.05, 0) is 36.4 Å². The maximum atomic E-state index is 14.2. The van der Waals surface area contributed by atoms with E-state index in [0.29, 0.717) is 0 Å². The molecular formula is C21H20F2N2O5. The number of ether oxygens (including phenoxy) is 2. The molecule has 1 aliphatic rings. The van der Waals surface area contributed by atoms with E-state index < -0.39 is 41.7 Å². The Morgan fingerprint density at radius 2 is 1.73 bits per heavy atom. The Hall–Kier alpha value is -3.17. The lowest BCUT2D eigenvalue weighted by atomic mass is 10.1. The zero-order chi connectivity index (χ0) is 21.8. The van der Waals surface area contributed by atoms with E-state index in [-0.39, 0.29) is 24.2 Å². The SMILES string of the molecule is COC(CN(C(=O)c1ccccc1F)C1CC(=O)N(c2ccc(F)cc2)C1=O)OC. The van der Waals surface area contributed by atoms with Crippen molar-refractivity contribution < 1.29 is 32.6 Å². The molecule has 1 unspecified atom stereocenters. The lowest BCUT2D eigenvalue weighted by Crippen LogP contribution is -2.49. The van der Waals surface area contributed by atoms with E-state index in [4.69, 9.17) is 9.47 Å². The molecule has 1 atom stereocenters. The summed E-state index contributed by atoms with van der Waals surface area (Å²) in [4.78, 5) is 40.7. The molecule has 9 heteroatoms. The molecule has 0 bridgehead atoms. The molecule has 2 aromatic carbocycles. The molecule has 1 aliphatic heterocycles. The highest BCUT2D eigenvalue weighted by molar-refractivity contribution is 6.23. The molecule has 0 saturated carbocycles. The first-order valence-electron chi connectivity index (χ1n) is 9.10. The Kier molecular flexibility index (Phi) is 6.53. The number of benzene rings is 2. The molecule has 7 nitrogen and oxygen atoms in total. The second-order valence-electron chi connectivity index (χ2n) is 6.60. The van der Waals surface area contributed by atoms with Crippen LogP contribution in [0.1, 0.15) is 16.8 Å². The van der Waals surface area contributed by atoms with Gasteiger partial charge in [-0.1, -0.05) is 12.1 Å². The van der Waals surface area contributed by atoms with E-state index in [1.807, 2.05) is 0 Å². The van der Waals surface area contributed by atoms with Crippen LogP contribution >= 0.6 is 0 Å². The molecule has 158 valence electrons. The minimum Gasteiger partial charge on any atom is -0.354 e. The van der Waals surface area contributed by atoms with Gasteiger partial charge in [0.2, 0.25) is 5.91 Å². The van der Waals surface area contributed by atoms with Crippen LogP contribution in [0.3, 0.4) is 0 Å². The zero-order valence-electron chi connectivity index (χ0n) is 16.4. The fourth-order valence-corrected chi connectivity index (χ4v) is 3.27. The maximum absolute atomic E-state index is 14.2. The standard InChI is InChI=1S/C21H20F2N2O5/c1-29-19(30-2)12-24(20(27)15-5-3-4-6-16(15)23)17-11-18(26)25(21(17)28)14-9-7-13(22)8-10-14/h3-10,17,19H,11-12H2,1-2H3. The number of carbonyl (C=O) groups excluding carboxylic acids is 3. The first-order valence-corrected chi connectivity index (χ1v) is 9.10. The van der Waals surface area contributed by atoms with Gasteiger partial charge in [0.1, 0.15) is 17.7 Å². The van der Waals surface area contributed by atoms with Crippen LogP contribution in [0.2, 0.25) is 0 Å². The monoisotopic (exact) mass is 418 g/mol. The molecule has 0 aliphatic carbocycles. The molecule has 3 rings (SSSR count). The van der Waals surface area contributed by atoms with E-state index in [9.17, 15) is 23.2 Å². The number of halogens is 2. The molecule has 1 heterocycles. The van der Waals surface area contributed by atoms with Crippen molar-refractivity contribution >= 4 is 23.4 Å². The molecule has 1 saturated heterocycles. The second kappa shape index (κ2) is 9.10. The van der Waals surface area contributed by atoms with Gasteiger partial charge >= 0.3 is 0 Å². The van der Waals surface area contributed by atoms with Crippen molar-refractivity contribution in [2.24, 2.45) is 0 Å². The van der Waals surface area contributed by atoms with Crippen LogP contribution in [0.4, 0.5) is 14.5 Å². The summed E-state index contributed by atoms with van der Waals surface area (Å²) in [5.41, 5.74) is -0.0637. The third-order valence-electron chi connectivity index (χ3n) is 4.82. The van der Waals surface area contributed by atoms with Crippen molar-refractivity contribution in [3.05, 3.63) is 65.7 Å². The van der Waals surface area contributed by atoms with Crippen LogP contribution in [0.25, 0.3) is 0 Å². The Morgan fingerprint density at radius 1 is 1.10 bits per heavy atom. The summed E-state index contributed by atoms with van der Waals surface area (Å²) in [6, 6.07) is 8.99. The summed E-state index contributed by atoms with van der Waals surface area (Å²) in [5.74, 6) is -3.30. The summed E-state index contributed by atoms with van der Waals surface area (Å²) >= 11 is 0. The van der Waals surface area contributed by atoms with Crippen molar-refractivity contribution in [1.82, 2.24) is 4.90 Å². The normalized spacial score (nSPS) is 16.4. The number of rotatable bonds is 7. The van der Waals surface area contributed by atoms with Crippen LogP contribution in [-0.4, -0.2) is 55.7 Å². The molecule has 1 fully saturated rings. The highest BCUT2D eigenvalue weighted by Crippen LogP contribution is 2.27. The van der Waals surface area contributed by atoms with Gasteiger partial charge in [0.25, 0.3) is 11.8 Å². The number of anilines is 1. The Labute approximate surface area is 171 Å². The molecule has 30 heavy (non-hydrogen) atoms. The van der Waals surface area contributed by atoms with Gasteiger partial charge in [-0.25, -0.2) is 13.7 Å². The van der Waals surface area contributed by atoms with Crippen LogP contribution in [0, 0.1) is 11.6 Å². The third kappa shape index (κ3) is 4.22. The minimum absolute atomic E-state index is 0.183. The van der Waals surface area contributed by atoms with E-state index >= 15 is 0 Å². The summed E-state index contributed by atoms with van der Waals surface area (Å²) in [7, 11) is 2.71. The number of hydrogen-bond acceptors (Lipinski definition) is 5. The van der Waals surface area contributed by atoms with Gasteiger partial charge in [-0.2, -0.15) is 0 Å². The molecular weight excluding hydrogens is 398 g/mol. The van der Waals surface area contributed by atoms with Gasteiger partial charge < -0.3 is 14.4 Å². The van der Waals surface area contributed by atoms with Gasteiger partial charge in [-0.15, -0.1) is 0 Å². The average Bonchev–Trinajstić information content (AvgIpc) is 3.03. The van der Waals surface area contributed by atoms with Gasteiger partial charge in [0, 0.05) is 14.2 Å². The van der Waals surface area contributed by atoms with Crippen molar-refractivity contribution in [2.75, 3.05) is 25.7 Å². The quantitative estimate of drug-likeness (QED) is 0.510. The van der Waals surface area contributed by atoms with E-state index in [2.05, 4.69) is 0 Å². The lowest BCUT2D eigenvalue weighted by Gasteiger charge is -2.30. The number of imide groups is 1. The van der Waals surface area contributed by atoms with Crippen LogP contribution in [0.5, 0.6) is 0 Å². The Balaban J connectivity index is 1.96. The van der Waals surface area contributed by atoms with Crippen molar-refractivity contribution in [1.29, 1.82) is 0 Å². The van der Waals surface area contributed by atoms with Crippen LogP contribution in [-0.2, 0) is 19.1 Å². The molecule has 3 amide bonds. The smallest absolute Gasteiger partial charge is 0.257 e. The highest BCUT2D eigenvalue weighted by Gasteiger charge is 2.45. The highest BCUT2D eigenvalue weighted by atomic mass is 19.1. The Bertz CT molecular complexity index is 947. The van der Waals surface area contributed by atoms with E-state index in [1.165, 1.54) is 44.6 Å². The topological polar surface area (TPSA) is 76.2 Å². The van der Waals surface area contributed by atoms with E-state index in [0.717, 1.165) is 28.0 Å². The molecule has 0 radical (unpaired) electrons. The number of nitrogens with zero attached hydrogens (tertiary/aromatic N) is 2. The number of hydrogen-bond donors (Lipinski definition) is 0. The maximum Gasteiger partial charge on any atom is 0.257 e. The predicted molar refractivity (Wildman–Crippen MR) is 103 cm³/mol. The second-order valence-corrected chi connectivity index (χ2v) is 6.60. The van der Waals surface area contributed by atoms with E-state index in [1.54, 1.807) is 0 Å². The van der Waals surface area contributed by atoms with Gasteiger partial charge in [0.05, 0.1) is 24.2 Å².